The summed E-state index contributed by atoms with van der Waals surface area (Å²) in [6, 6.07) is 21.5. The van der Waals surface area contributed by atoms with Crippen LogP contribution in [0.25, 0.3) is 32.7 Å². The summed E-state index contributed by atoms with van der Waals surface area (Å²) < 4.78 is 13.2. The van der Waals surface area contributed by atoms with Crippen molar-refractivity contribution in [2.75, 3.05) is 14.2 Å². The standard InChI is InChI=1S/C24H20Br2O2/c1-27-13-17-5-3-15-11-19(25)7-9-21(15)23(17)24-18(14-28-2)6-4-16-12-20(26)8-10-22(16)24/h3-12H,13-14H2,1-2H3. The summed E-state index contributed by atoms with van der Waals surface area (Å²) in [5.74, 6) is 0. The molecule has 0 atom stereocenters. The Kier molecular flexibility index (Phi) is 5.83. The first-order valence-corrected chi connectivity index (χ1v) is 10.6. The van der Waals surface area contributed by atoms with Gasteiger partial charge in [-0.2, -0.15) is 0 Å². The largest absolute Gasteiger partial charge is 0.380 e. The number of rotatable bonds is 5. The van der Waals surface area contributed by atoms with Crippen molar-refractivity contribution in [3.8, 4) is 11.1 Å². The van der Waals surface area contributed by atoms with Crippen molar-refractivity contribution in [3.63, 3.8) is 0 Å². The molecule has 0 saturated heterocycles. The van der Waals surface area contributed by atoms with Crippen molar-refractivity contribution < 1.29 is 9.47 Å². The summed E-state index contributed by atoms with van der Waals surface area (Å²) in [6.45, 7) is 1.11. The zero-order chi connectivity index (χ0) is 19.7. The quantitative estimate of drug-likeness (QED) is 0.283. The van der Waals surface area contributed by atoms with E-state index in [4.69, 9.17) is 9.47 Å². The van der Waals surface area contributed by atoms with E-state index in [0.29, 0.717) is 13.2 Å². The third-order valence-corrected chi connectivity index (χ3v) is 5.97. The van der Waals surface area contributed by atoms with Gasteiger partial charge in [0.15, 0.2) is 0 Å². The highest BCUT2D eigenvalue weighted by Crippen LogP contribution is 2.40. The van der Waals surface area contributed by atoms with Gasteiger partial charge in [-0.15, -0.1) is 0 Å². The van der Waals surface area contributed by atoms with Gasteiger partial charge in [-0.1, -0.05) is 68.3 Å². The highest BCUT2D eigenvalue weighted by Gasteiger charge is 2.17. The Balaban J connectivity index is 2.15. The second-order valence-corrected chi connectivity index (χ2v) is 8.63. The van der Waals surface area contributed by atoms with E-state index >= 15 is 0 Å². The molecule has 0 saturated carbocycles. The van der Waals surface area contributed by atoms with E-state index in [-0.39, 0.29) is 0 Å². The van der Waals surface area contributed by atoms with Gasteiger partial charge in [-0.25, -0.2) is 0 Å². The Hall–Kier alpha value is -1.72. The van der Waals surface area contributed by atoms with E-state index in [1.165, 1.54) is 43.8 Å². The second-order valence-electron chi connectivity index (χ2n) is 6.80. The Labute approximate surface area is 181 Å². The van der Waals surface area contributed by atoms with E-state index < -0.39 is 0 Å². The maximum absolute atomic E-state index is 5.55. The van der Waals surface area contributed by atoms with E-state index in [2.05, 4.69) is 92.5 Å². The lowest BCUT2D eigenvalue weighted by atomic mass is 9.87. The molecule has 0 amide bonds. The lowest BCUT2D eigenvalue weighted by Crippen LogP contribution is -1.99. The van der Waals surface area contributed by atoms with E-state index in [0.717, 1.165) is 8.95 Å². The lowest BCUT2D eigenvalue weighted by Gasteiger charge is -2.19. The van der Waals surface area contributed by atoms with Crippen LogP contribution in [0, 0.1) is 0 Å². The van der Waals surface area contributed by atoms with Crippen molar-refractivity contribution in [2.24, 2.45) is 0 Å². The van der Waals surface area contributed by atoms with Crippen molar-refractivity contribution in [1.82, 2.24) is 0 Å². The van der Waals surface area contributed by atoms with Gasteiger partial charge in [0, 0.05) is 23.2 Å². The number of benzene rings is 4. The summed E-state index contributed by atoms with van der Waals surface area (Å²) in [5, 5.41) is 4.82. The van der Waals surface area contributed by atoms with E-state index in [1.807, 2.05) is 0 Å². The number of ether oxygens (including phenoxy) is 2. The number of fused-ring (bicyclic) bond motifs is 2. The molecule has 4 heteroatoms. The predicted octanol–water partition coefficient (Wildman–Crippen LogP) is 7.48. The average molecular weight is 500 g/mol. The molecule has 4 aromatic carbocycles. The minimum Gasteiger partial charge on any atom is -0.380 e. The second kappa shape index (κ2) is 8.34. The van der Waals surface area contributed by atoms with E-state index in [9.17, 15) is 0 Å². The highest BCUT2D eigenvalue weighted by molar-refractivity contribution is 9.10. The van der Waals surface area contributed by atoms with Crippen LogP contribution in [0.1, 0.15) is 11.1 Å². The molecule has 0 aromatic heterocycles. The molecule has 0 aliphatic heterocycles. The molecular formula is C24H20Br2O2. The molecule has 4 aromatic rings. The SMILES string of the molecule is COCc1ccc2cc(Br)ccc2c1-c1c(COC)ccc2cc(Br)ccc12. The molecule has 0 N–H and O–H groups in total. The molecule has 0 heterocycles. The average Bonchev–Trinajstić information content (AvgIpc) is 2.68. The third-order valence-electron chi connectivity index (χ3n) is 4.99. The molecule has 2 nitrogen and oxygen atoms in total. The van der Waals surface area contributed by atoms with Gasteiger partial charge in [0.2, 0.25) is 0 Å². The van der Waals surface area contributed by atoms with Crippen LogP contribution in [0.15, 0.2) is 69.6 Å². The van der Waals surface area contributed by atoms with Crippen molar-refractivity contribution >= 4 is 53.4 Å². The van der Waals surface area contributed by atoms with Gasteiger partial charge in [0.05, 0.1) is 13.2 Å². The summed E-state index contributed by atoms with van der Waals surface area (Å²) in [5.41, 5.74) is 4.77. The molecular weight excluding hydrogens is 480 g/mol. The lowest BCUT2D eigenvalue weighted by molar-refractivity contribution is 0.184. The first kappa shape index (κ1) is 19.6. The maximum Gasteiger partial charge on any atom is 0.0719 e. The molecule has 0 aliphatic carbocycles. The predicted molar refractivity (Wildman–Crippen MR) is 124 cm³/mol. The summed E-state index contributed by atoms with van der Waals surface area (Å²) in [6.07, 6.45) is 0. The van der Waals surface area contributed by atoms with Crippen LogP contribution in [0.3, 0.4) is 0 Å². The molecule has 0 spiro atoms. The maximum atomic E-state index is 5.55. The minimum absolute atomic E-state index is 0.556. The Bertz CT molecular complexity index is 1080. The fourth-order valence-electron chi connectivity index (χ4n) is 3.83. The molecule has 0 fully saturated rings. The molecule has 0 bridgehead atoms. The van der Waals surface area contributed by atoms with Crippen molar-refractivity contribution in [1.29, 1.82) is 0 Å². The Morgan fingerprint density at radius 1 is 0.607 bits per heavy atom. The van der Waals surface area contributed by atoms with Gasteiger partial charge in [0.1, 0.15) is 0 Å². The number of hydrogen-bond acceptors (Lipinski definition) is 2. The van der Waals surface area contributed by atoms with Gasteiger partial charge in [-0.3, -0.25) is 0 Å². The molecule has 28 heavy (non-hydrogen) atoms. The van der Waals surface area contributed by atoms with Crippen LogP contribution in [-0.2, 0) is 22.7 Å². The van der Waals surface area contributed by atoms with Gasteiger partial charge >= 0.3 is 0 Å². The van der Waals surface area contributed by atoms with Gasteiger partial charge in [-0.05, 0) is 68.1 Å². The fraction of sp³-hybridized carbons (Fsp3) is 0.167. The van der Waals surface area contributed by atoms with Gasteiger partial charge < -0.3 is 9.47 Å². The molecule has 142 valence electrons. The zero-order valence-corrected chi connectivity index (χ0v) is 18.9. The van der Waals surface area contributed by atoms with Crippen LogP contribution in [-0.4, -0.2) is 14.2 Å². The fourth-order valence-corrected chi connectivity index (χ4v) is 4.59. The summed E-state index contributed by atoms with van der Waals surface area (Å²) in [4.78, 5) is 0. The minimum atomic E-state index is 0.556. The number of halogens is 2. The normalized spacial score (nSPS) is 11.4. The molecule has 0 unspecified atom stereocenters. The Morgan fingerprint density at radius 2 is 1.04 bits per heavy atom. The molecule has 0 radical (unpaired) electrons. The summed E-state index contributed by atoms with van der Waals surface area (Å²) in [7, 11) is 3.48. The van der Waals surface area contributed by atoms with Crippen LogP contribution in [0.4, 0.5) is 0 Å². The first-order chi connectivity index (χ1) is 13.6. The molecule has 4 rings (SSSR count). The number of methoxy groups -OCH3 is 2. The first-order valence-electron chi connectivity index (χ1n) is 9.03. The zero-order valence-electron chi connectivity index (χ0n) is 15.8. The third kappa shape index (κ3) is 3.62. The van der Waals surface area contributed by atoms with Crippen LogP contribution in [0.5, 0.6) is 0 Å². The van der Waals surface area contributed by atoms with Gasteiger partial charge in [0.25, 0.3) is 0 Å². The van der Waals surface area contributed by atoms with Crippen LogP contribution in [0.2, 0.25) is 0 Å². The smallest absolute Gasteiger partial charge is 0.0719 e. The van der Waals surface area contributed by atoms with Crippen molar-refractivity contribution in [2.45, 2.75) is 13.2 Å². The van der Waals surface area contributed by atoms with Crippen LogP contribution >= 0.6 is 31.9 Å². The number of hydrogen-bond donors (Lipinski definition) is 0. The monoisotopic (exact) mass is 498 g/mol. The van der Waals surface area contributed by atoms with Crippen LogP contribution < -0.4 is 0 Å². The van der Waals surface area contributed by atoms with E-state index in [1.54, 1.807) is 14.2 Å². The summed E-state index contributed by atoms with van der Waals surface area (Å²) >= 11 is 7.20. The topological polar surface area (TPSA) is 18.5 Å². The highest BCUT2D eigenvalue weighted by atomic mass is 79.9. The molecule has 0 aliphatic rings. The van der Waals surface area contributed by atoms with Crippen molar-refractivity contribution in [3.05, 3.63) is 80.7 Å². The Morgan fingerprint density at radius 3 is 1.43 bits per heavy atom.